The molecular weight excluding hydrogens is 296 g/mol. The van der Waals surface area contributed by atoms with Crippen molar-refractivity contribution in [2.45, 2.75) is 13.8 Å². The van der Waals surface area contributed by atoms with E-state index in [0.717, 1.165) is 22.3 Å². The molecule has 0 saturated heterocycles. The molecular formula is C18H13ClN2O. The van der Waals surface area contributed by atoms with E-state index in [0.29, 0.717) is 22.0 Å². The van der Waals surface area contributed by atoms with Crippen molar-refractivity contribution in [2.75, 3.05) is 0 Å². The summed E-state index contributed by atoms with van der Waals surface area (Å²) in [6, 6.07) is 15.4. The number of aromatic nitrogens is 1. The van der Waals surface area contributed by atoms with E-state index < -0.39 is 0 Å². The lowest BCUT2D eigenvalue weighted by Crippen LogP contribution is -1.90. The Labute approximate surface area is 133 Å². The Morgan fingerprint density at radius 1 is 1.05 bits per heavy atom. The number of hydrogen-bond acceptors (Lipinski definition) is 3. The van der Waals surface area contributed by atoms with Crippen LogP contribution in [0.25, 0.3) is 22.6 Å². The van der Waals surface area contributed by atoms with Crippen LogP contribution in [0.15, 0.2) is 47.0 Å². The molecule has 0 unspecified atom stereocenters. The molecule has 2 aromatic carbocycles. The predicted octanol–water partition coefficient (Wildman–Crippen LogP) is 5.15. The first-order valence-corrected chi connectivity index (χ1v) is 7.22. The molecule has 0 fully saturated rings. The van der Waals surface area contributed by atoms with Crippen molar-refractivity contribution < 1.29 is 4.52 Å². The van der Waals surface area contributed by atoms with Gasteiger partial charge in [-0.25, -0.2) is 0 Å². The van der Waals surface area contributed by atoms with Gasteiger partial charge in [-0.1, -0.05) is 35.0 Å². The lowest BCUT2D eigenvalue weighted by molar-refractivity contribution is 0.434. The van der Waals surface area contributed by atoms with E-state index in [4.69, 9.17) is 16.1 Å². The SMILES string of the molecule is Cc1cccc(C)c1-c1noc(-c2ccc(Cl)cc2)c1C#N. The molecule has 0 aliphatic heterocycles. The van der Waals surface area contributed by atoms with E-state index in [1.807, 2.05) is 44.2 Å². The maximum absolute atomic E-state index is 9.57. The Bertz CT molecular complexity index is 853. The van der Waals surface area contributed by atoms with Crippen LogP contribution in [0, 0.1) is 25.2 Å². The normalized spacial score (nSPS) is 10.5. The second-order valence-electron chi connectivity index (χ2n) is 5.12. The van der Waals surface area contributed by atoms with Gasteiger partial charge in [0.15, 0.2) is 5.76 Å². The monoisotopic (exact) mass is 308 g/mol. The molecule has 3 rings (SSSR count). The lowest BCUT2D eigenvalue weighted by Gasteiger charge is -2.06. The number of aryl methyl sites for hydroxylation is 2. The van der Waals surface area contributed by atoms with E-state index >= 15 is 0 Å². The maximum atomic E-state index is 9.57. The summed E-state index contributed by atoms with van der Waals surface area (Å²) in [6.45, 7) is 4.00. The fourth-order valence-corrected chi connectivity index (χ4v) is 2.68. The van der Waals surface area contributed by atoms with Crippen LogP contribution in [0.5, 0.6) is 0 Å². The Kier molecular flexibility index (Phi) is 3.70. The smallest absolute Gasteiger partial charge is 0.185 e. The topological polar surface area (TPSA) is 49.8 Å². The molecule has 0 radical (unpaired) electrons. The second-order valence-corrected chi connectivity index (χ2v) is 5.56. The second kappa shape index (κ2) is 5.67. The molecule has 0 atom stereocenters. The van der Waals surface area contributed by atoms with Gasteiger partial charge in [0.2, 0.25) is 0 Å². The first kappa shape index (κ1) is 14.4. The van der Waals surface area contributed by atoms with Gasteiger partial charge in [0.25, 0.3) is 0 Å². The van der Waals surface area contributed by atoms with Crippen molar-refractivity contribution >= 4 is 11.6 Å². The number of hydrogen-bond donors (Lipinski definition) is 0. The number of nitriles is 1. The average Bonchev–Trinajstić information content (AvgIpc) is 2.91. The fourth-order valence-electron chi connectivity index (χ4n) is 2.55. The summed E-state index contributed by atoms with van der Waals surface area (Å²) >= 11 is 5.90. The molecule has 3 nitrogen and oxygen atoms in total. The molecule has 0 N–H and O–H groups in total. The highest BCUT2D eigenvalue weighted by Gasteiger charge is 2.21. The van der Waals surface area contributed by atoms with E-state index in [-0.39, 0.29) is 0 Å². The lowest BCUT2D eigenvalue weighted by atomic mass is 9.96. The van der Waals surface area contributed by atoms with Crippen LogP contribution >= 0.6 is 11.6 Å². The predicted molar refractivity (Wildman–Crippen MR) is 86.6 cm³/mol. The quantitative estimate of drug-likeness (QED) is 0.657. The highest BCUT2D eigenvalue weighted by Crippen LogP contribution is 2.35. The summed E-state index contributed by atoms with van der Waals surface area (Å²) < 4.78 is 5.46. The van der Waals surface area contributed by atoms with Gasteiger partial charge in [0.1, 0.15) is 17.3 Å². The third-order valence-corrected chi connectivity index (χ3v) is 3.88. The van der Waals surface area contributed by atoms with Gasteiger partial charge in [0.05, 0.1) is 0 Å². The van der Waals surface area contributed by atoms with E-state index in [1.54, 1.807) is 12.1 Å². The van der Waals surface area contributed by atoms with Gasteiger partial charge in [-0.05, 0) is 49.2 Å². The summed E-state index contributed by atoms with van der Waals surface area (Å²) in [7, 11) is 0. The van der Waals surface area contributed by atoms with Crippen LogP contribution in [0.2, 0.25) is 5.02 Å². The third kappa shape index (κ3) is 2.38. The standard InChI is InChI=1S/C18H13ClN2O/c1-11-4-3-5-12(2)16(11)17-15(10-20)18(22-21-17)13-6-8-14(19)9-7-13/h3-9H,1-2H3. The Morgan fingerprint density at radius 3 is 2.27 bits per heavy atom. The number of rotatable bonds is 2. The molecule has 4 heteroatoms. The van der Waals surface area contributed by atoms with Crippen LogP contribution in [-0.4, -0.2) is 5.16 Å². The first-order valence-electron chi connectivity index (χ1n) is 6.84. The van der Waals surface area contributed by atoms with Gasteiger partial charge in [-0.2, -0.15) is 5.26 Å². The summed E-state index contributed by atoms with van der Waals surface area (Å²) in [5.74, 6) is 0.469. The average molecular weight is 309 g/mol. The maximum Gasteiger partial charge on any atom is 0.185 e. The van der Waals surface area contributed by atoms with Gasteiger partial charge in [-0.15, -0.1) is 0 Å². The summed E-state index contributed by atoms with van der Waals surface area (Å²) in [6.07, 6.45) is 0. The number of nitrogens with zero attached hydrogens (tertiary/aromatic N) is 2. The fraction of sp³-hybridized carbons (Fsp3) is 0.111. The van der Waals surface area contributed by atoms with Crippen LogP contribution in [0.3, 0.4) is 0 Å². The zero-order valence-corrected chi connectivity index (χ0v) is 13.0. The minimum absolute atomic E-state index is 0.444. The molecule has 22 heavy (non-hydrogen) atoms. The number of benzene rings is 2. The van der Waals surface area contributed by atoms with Crippen LogP contribution in [0.1, 0.15) is 16.7 Å². The van der Waals surface area contributed by atoms with Crippen molar-refractivity contribution in [1.29, 1.82) is 5.26 Å². The van der Waals surface area contributed by atoms with Crippen LogP contribution < -0.4 is 0 Å². The number of halogens is 1. The van der Waals surface area contributed by atoms with Gasteiger partial charge in [-0.3, -0.25) is 0 Å². The van der Waals surface area contributed by atoms with E-state index in [9.17, 15) is 5.26 Å². The van der Waals surface area contributed by atoms with Gasteiger partial charge >= 0.3 is 0 Å². The third-order valence-electron chi connectivity index (χ3n) is 3.63. The van der Waals surface area contributed by atoms with Crippen molar-refractivity contribution in [1.82, 2.24) is 5.16 Å². The summed E-state index contributed by atoms with van der Waals surface area (Å²) in [5.41, 5.74) is 4.89. The molecule has 0 aliphatic carbocycles. The Morgan fingerprint density at radius 2 is 1.68 bits per heavy atom. The van der Waals surface area contributed by atoms with Crippen molar-refractivity contribution in [3.63, 3.8) is 0 Å². The molecule has 1 aromatic heterocycles. The van der Waals surface area contributed by atoms with Crippen LogP contribution in [-0.2, 0) is 0 Å². The van der Waals surface area contributed by atoms with Crippen LogP contribution in [0.4, 0.5) is 0 Å². The molecule has 1 heterocycles. The van der Waals surface area contributed by atoms with Crippen molar-refractivity contribution in [3.05, 3.63) is 64.2 Å². The molecule has 0 bridgehead atoms. The van der Waals surface area contributed by atoms with E-state index in [2.05, 4.69) is 11.2 Å². The highest BCUT2D eigenvalue weighted by molar-refractivity contribution is 6.30. The first-order chi connectivity index (χ1) is 10.6. The largest absolute Gasteiger partial charge is 0.354 e. The molecule has 0 spiro atoms. The minimum atomic E-state index is 0.444. The molecule has 0 saturated carbocycles. The van der Waals surface area contributed by atoms with Crippen molar-refractivity contribution in [2.24, 2.45) is 0 Å². The van der Waals surface area contributed by atoms with Crippen molar-refractivity contribution in [3.8, 4) is 28.7 Å². The molecule has 3 aromatic rings. The zero-order valence-electron chi connectivity index (χ0n) is 12.2. The minimum Gasteiger partial charge on any atom is -0.354 e. The zero-order chi connectivity index (χ0) is 15.7. The molecule has 0 aliphatic rings. The van der Waals surface area contributed by atoms with Gasteiger partial charge in [0, 0.05) is 16.1 Å². The summed E-state index contributed by atoms with van der Waals surface area (Å²) in [5, 5.41) is 14.4. The van der Waals surface area contributed by atoms with E-state index in [1.165, 1.54) is 0 Å². The Balaban J connectivity index is 2.21. The highest BCUT2D eigenvalue weighted by atomic mass is 35.5. The molecule has 0 amide bonds. The molecule has 108 valence electrons. The summed E-state index contributed by atoms with van der Waals surface area (Å²) in [4.78, 5) is 0. The van der Waals surface area contributed by atoms with Gasteiger partial charge < -0.3 is 4.52 Å². The Hall–Kier alpha value is -2.57.